The molecule has 0 amide bonds. The SMILES string of the molecule is O[C@@H]1C[C@H]([C@H](O)CNC[C@@H](O)[C@@H]2CCc3cc(F)ccc3O2)Oc2ccc(F)cc21. The van der Waals surface area contributed by atoms with E-state index < -0.39 is 36.3 Å². The number of fused-ring (bicyclic) bond motifs is 2. The van der Waals surface area contributed by atoms with Crippen LogP contribution in [0.15, 0.2) is 36.4 Å². The molecule has 8 heteroatoms. The number of benzene rings is 2. The number of aliphatic hydroxyl groups is 3. The Balaban J connectivity index is 1.26. The standard InChI is InChI=1S/C22H25F2NO5/c23-13-2-5-19-12(7-13)1-4-21(29-19)17(27)10-25-11-18(28)22-9-16(26)15-8-14(24)3-6-20(15)30-22/h2-3,5-8,16-18,21-22,25-28H,1,4,9-11H2/t16-,17-,18-,21+,22-/m1/s1. The normalized spacial score (nSPS) is 24.8. The van der Waals surface area contributed by atoms with Crippen molar-refractivity contribution in [3.05, 3.63) is 59.2 Å². The molecule has 4 N–H and O–H groups in total. The molecule has 0 saturated heterocycles. The van der Waals surface area contributed by atoms with Gasteiger partial charge in [-0.3, -0.25) is 0 Å². The van der Waals surface area contributed by atoms with Crippen molar-refractivity contribution in [1.29, 1.82) is 0 Å². The lowest BCUT2D eigenvalue weighted by Crippen LogP contribution is -2.46. The van der Waals surface area contributed by atoms with Crippen LogP contribution in [0.3, 0.4) is 0 Å². The van der Waals surface area contributed by atoms with Gasteiger partial charge in [-0.1, -0.05) is 0 Å². The van der Waals surface area contributed by atoms with Gasteiger partial charge in [0, 0.05) is 25.1 Å². The summed E-state index contributed by atoms with van der Waals surface area (Å²) in [6.07, 6.45) is -2.43. The molecule has 0 aliphatic carbocycles. The Labute approximate surface area is 173 Å². The highest BCUT2D eigenvalue weighted by Crippen LogP contribution is 2.36. The number of nitrogens with one attached hydrogen (secondary N) is 1. The molecule has 0 fully saturated rings. The molecule has 0 aromatic heterocycles. The van der Waals surface area contributed by atoms with E-state index in [-0.39, 0.29) is 25.3 Å². The second kappa shape index (κ2) is 8.85. The third kappa shape index (κ3) is 4.57. The van der Waals surface area contributed by atoms with Gasteiger partial charge in [-0.2, -0.15) is 0 Å². The fraction of sp³-hybridized carbons (Fsp3) is 0.455. The number of aliphatic hydroxyl groups excluding tert-OH is 3. The maximum atomic E-state index is 13.3. The molecule has 162 valence electrons. The van der Waals surface area contributed by atoms with Crippen molar-refractivity contribution >= 4 is 0 Å². The summed E-state index contributed by atoms with van der Waals surface area (Å²) in [7, 11) is 0. The first-order valence-electron chi connectivity index (χ1n) is 10.1. The van der Waals surface area contributed by atoms with Gasteiger partial charge < -0.3 is 30.1 Å². The van der Waals surface area contributed by atoms with Crippen molar-refractivity contribution in [1.82, 2.24) is 5.32 Å². The maximum absolute atomic E-state index is 13.3. The number of hydrogen-bond donors (Lipinski definition) is 4. The van der Waals surface area contributed by atoms with Crippen molar-refractivity contribution < 1.29 is 33.6 Å². The third-order valence-electron chi connectivity index (χ3n) is 5.63. The van der Waals surface area contributed by atoms with Crippen LogP contribution >= 0.6 is 0 Å². The van der Waals surface area contributed by atoms with Crippen molar-refractivity contribution in [2.24, 2.45) is 0 Å². The molecule has 0 saturated carbocycles. The van der Waals surface area contributed by atoms with Crippen LogP contribution in [0.25, 0.3) is 0 Å². The zero-order valence-electron chi connectivity index (χ0n) is 16.3. The fourth-order valence-electron chi connectivity index (χ4n) is 3.97. The van der Waals surface area contributed by atoms with Crippen LogP contribution in [0.4, 0.5) is 8.78 Å². The summed E-state index contributed by atoms with van der Waals surface area (Å²) in [5.41, 5.74) is 1.16. The Morgan fingerprint density at radius 2 is 1.57 bits per heavy atom. The van der Waals surface area contributed by atoms with Crippen LogP contribution in [-0.4, -0.2) is 52.8 Å². The molecular weight excluding hydrogens is 396 g/mol. The summed E-state index contributed by atoms with van der Waals surface area (Å²) in [6.45, 7) is 0.328. The van der Waals surface area contributed by atoms with Gasteiger partial charge in [0.1, 0.15) is 47.5 Å². The minimum atomic E-state index is -0.930. The summed E-state index contributed by atoms with van der Waals surface area (Å²) in [5, 5.41) is 34.1. The van der Waals surface area contributed by atoms with E-state index >= 15 is 0 Å². The Hall–Kier alpha value is -2.26. The zero-order valence-corrected chi connectivity index (χ0v) is 16.3. The van der Waals surface area contributed by atoms with Gasteiger partial charge in [0.25, 0.3) is 0 Å². The molecule has 2 aromatic carbocycles. The van der Waals surface area contributed by atoms with Crippen molar-refractivity contribution in [2.45, 2.75) is 49.8 Å². The van der Waals surface area contributed by atoms with Crippen LogP contribution in [0.5, 0.6) is 11.5 Å². The first kappa shape index (κ1) is 21.0. The van der Waals surface area contributed by atoms with Crippen molar-refractivity contribution in [2.75, 3.05) is 13.1 Å². The van der Waals surface area contributed by atoms with Crippen LogP contribution in [-0.2, 0) is 6.42 Å². The number of ether oxygens (including phenoxy) is 2. The monoisotopic (exact) mass is 421 g/mol. The molecule has 2 aromatic rings. The van der Waals surface area contributed by atoms with Crippen LogP contribution in [0.2, 0.25) is 0 Å². The molecule has 0 spiro atoms. The highest BCUT2D eigenvalue weighted by atomic mass is 19.1. The summed E-state index contributed by atoms with van der Waals surface area (Å²) in [5.74, 6) is 0.162. The second-order valence-corrected chi connectivity index (χ2v) is 7.83. The highest BCUT2D eigenvalue weighted by molar-refractivity contribution is 5.38. The molecule has 0 radical (unpaired) electrons. The smallest absolute Gasteiger partial charge is 0.129 e. The lowest BCUT2D eigenvalue weighted by atomic mass is 9.96. The number of halogens is 2. The topological polar surface area (TPSA) is 91.2 Å². The van der Waals surface area contributed by atoms with Crippen LogP contribution in [0, 0.1) is 11.6 Å². The largest absolute Gasteiger partial charge is 0.487 e. The van der Waals surface area contributed by atoms with E-state index in [0.717, 1.165) is 5.56 Å². The van der Waals surface area contributed by atoms with E-state index in [9.17, 15) is 24.1 Å². The van der Waals surface area contributed by atoms with E-state index in [1.807, 2.05) is 0 Å². The number of aryl methyl sites for hydroxylation is 1. The van der Waals surface area contributed by atoms with E-state index in [0.29, 0.717) is 29.9 Å². The summed E-state index contributed by atoms with van der Waals surface area (Å²) in [4.78, 5) is 0. The van der Waals surface area contributed by atoms with Crippen molar-refractivity contribution in [3.8, 4) is 11.5 Å². The fourth-order valence-corrected chi connectivity index (χ4v) is 3.97. The lowest BCUT2D eigenvalue weighted by Gasteiger charge is -2.33. The lowest BCUT2D eigenvalue weighted by molar-refractivity contribution is -0.0175. The Morgan fingerprint density at radius 1 is 0.933 bits per heavy atom. The Bertz CT molecular complexity index is 896. The Kier molecular flexibility index (Phi) is 6.19. The molecule has 2 aliphatic heterocycles. The molecule has 30 heavy (non-hydrogen) atoms. The molecular formula is C22H25F2NO5. The summed E-state index contributed by atoms with van der Waals surface area (Å²) >= 11 is 0. The van der Waals surface area contributed by atoms with Gasteiger partial charge in [-0.25, -0.2) is 8.78 Å². The van der Waals surface area contributed by atoms with Gasteiger partial charge in [0.2, 0.25) is 0 Å². The average Bonchev–Trinajstić information content (AvgIpc) is 2.73. The molecule has 0 unspecified atom stereocenters. The van der Waals surface area contributed by atoms with E-state index in [1.54, 1.807) is 6.07 Å². The predicted molar refractivity (Wildman–Crippen MR) is 104 cm³/mol. The van der Waals surface area contributed by atoms with E-state index in [4.69, 9.17) is 9.47 Å². The Morgan fingerprint density at radius 3 is 2.33 bits per heavy atom. The minimum Gasteiger partial charge on any atom is -0.487 e. The van der Waals surface area contributed by atoms with Gasteiger partial charge in [-0.05, 0) is 54.8 Å². The molecule has 0 bridgehead atoms. The molecule has 5 atom stereocenters. The van der Waals surface area contributed by atoms with Crippen LogP contribution in [0.1, 0.15) is 30.1 Å². The molecule has 6 nitrogen and oxygen atoms in total. The molecule has 4 rings (SSSR count). The average molecular weight is 421 g/mol. The second-order valence-electron chi connectivity index (χ2n) is 7.83. The van der Waals surface area contributed by atoms with Gasteiger partial charge >= 0.3 is 0 Å². The highest BCUT2D eigenvalue weighted by Gasteiger charge is 2.32. The zero-order chi connectivity index (χ0) is 21.3. The minimum absolute atomic E-state index is 0.138. The van der Waals surface area contributed by atoms with Crippen LogP contribution < -0.4 is 14.8 Å². The number of rotatable bonds is 6. The summed E-state index contributed by atoms with van der Waals surface area (Å²) in [6, 6.07) is 8.24. The first-order chi connectivity index (χ1) is 14.4. The number of hydrogen-bond acceptors (Lipinski definition) is 6. The quantitative estimate of drug-likeness (QED) is 0.569. The molecule has 2 heterocycles. The maximum Gasteiger partial charge on any atom is 0.129 e. The van der Waals surface area contributed by atoms with E-state index in [1.165, 1.54) is 30.3 Å². The predicted octanol–water partition coefficient (Wildman–Crippen LogP) is 1.85. The van der Waals surface area contributed by atoms with Gasteiger partial charge in [0.15, 0.2) is 0 Å². The molecule has 2 aliphatic rings. The van der Waals surface area contributed by atoms with Gasteiger partial charge in [-0.15, -0.1) is 0 Å². The van der Waals surface area contributed by atoms with Gasteiger partial charge in [0.05, 0.1) is 6.10 Å². The summed E-state index contributed by atoms with van der Waals surface area (Å²) < 4.78 is 38.1. The first-order valence-corrected chi connectivity index (χ1v) is 10.1. The van der Waals surface area contributed by atoms with E-state index in [2.05, 4.69) is 5.32 Å². The third-order valence-corrected chi connectivity index (χ3v) is 5.63. The van der Waals surface area contributed by atoms with Crippen molar-refractivity contribution in [3.63, 3.8) is 0 Å².